The molecule has 2 aromatic carbocycles. The molecule has 20 heavy (non-hydrogen) atoms. The van der Waals surface area contributed by atoms with Gasteiger partial charge in [-0.25, -0.2) is 5.43 Å². The van der Waals surface area contributed by atoms with Gasteiger partial charge >= 0.3 is 0 Å². The van der Waals surface area contributed by atoms with Gasteiger partial charge in [0, 0.05) is 0 Å². The van der Waals surface area contributed by atoms with E-state index in [-0.39, 0.29) is 5.91 Å². The first-order chi connectivity index (χ1) is 9.70. The number of hydrogen-bond donors (Lipinski definition) is 1. The number of rotatable bonds is 3. The molecule has 98 valence electrons. The average molecular weight is 284 g/mol. The molecule has 0 unspecified atom stereocenters. The fourth-order valence-corrected chi connectivity index (χ4v) is 1.74. The van der Waals surface area contributed by atoms with Crippen molar-refractivity contribution in [2.24, 2.45) is 5.10 Å². The molecule has 0 aliphatic carbocycles. The number of carbonyl (C=O) groups excluding carboxylic acids is 1. The Hall–Kier alpha value is -2.64. The summed E-state index contributed by atoms with van der Waals surface area (Å²) in [5.41, 5.74) is 4.12. The molecule has 0 saturated carbocycles. The smallest absolute Gasteiger partial charge is 0.267 e. The number of carbonyl (C=O) groups is 1. The van der Waals surface area contributed by atoms with Crippen LogP contribution in [0.2, 0.25) is 5.02 Å². The third kappa shape index (κ3) is 3.44. The Bertz CT molecular complexity index is 687. The normalized spacial score (nSPS) is 10.2. The third-order valence-corrected chi connectivity index (χ3v) is 2.87. The molecular formula is C15H10ClN3O. The Balaban J connectivity index is 2.01. The van der Waals surface area contributed by atoms with Gasteiger partial charge in [-0.2, -0.15) is 10.4 Å². The summed E-state index contributed by atoms with van der Waals surface area (Å²) in [5.74, 6) is -0.375. The number of halogens is 1. The molecular weight excluding hydrogens is 274 g/mol. The predicted molar refractivity (Wildman–Crippen MR) is 77.7 cm³/mol. The molecule has 0 saturated heterocycles. The van der Waals surface area contributed by atoms with Gasteiger partial charge in [0.2, 0.25) is 0 Å². The van der Waals surface area contributed by atoms with Crippen molar-refractivity contribution in [1.29, 1.82) is 5.26 Å². The van der Waals surface area contributed by atoms with Gasteiger partial charge in [-0.3, -0.25) is 4.79 Å². The van der Waals surface area contributed by atoms with Gasteiger partial charge in [0.05, 0.1) is 28.4 Å². The molecule has 5 heteroatoms. The fraction of sp³-hybridized carbons (Fsp3) is 0. The second kappa shape index (κ2) is 6.50. The monoisotopic (exact) mass is 283 g/mol. The SMILES string of the molecule is N#Cc1ccc(/C=N/NC(=O)c2ccccc2Cl)cc1. The summed E-state index contributed by atoms with van der Waals surface area (Å²) in [6.45, 7) is 0. The lowest BCUT2D eigenvalue weighted by molar-refractivity contribution is 0.0955. The summed E-state index contributed by atoms with van der Waals surface area (Å²) < 4.78 is 0. The first kappa shape index (κ1) is 13.8. The molecule has 0 radical (unpaired) electrons. The van der Waals surface area contributed by atoms with E-state index in [1.165, 1.54) is 6.21 Å². The van der Waals surface area contributed by atoms with Crippen LogP contribution in [0.25, 0.3) is 0 Å². The number of nitriles is 1. The summed E-state index contributed by atoms with van der Waals surface area (Å²) >= 11 is 5.91. The van der Waals surface area contributed by atoms with Crippen molar-refractivity contribution in [3.8, 4) is 6.07 Å². The highest BCUT2D eigenvalue weighted by molar-refractivity contribution is 6.33. The highest BCUT2D eigenvalue weighted by Gasteiger charge is 2.07. The molecule has 0 aliphatic heterocycles. The van der Waals surface area contributed by atoms with Crippen LogP contribution in [0.5, 0.6) is 0 Å². The minimum Gasteiger partial charge on any atom is -0.267 e. The predicted octanol–water partition coefficient (Wildman–Crippen LogP) is 2.98. The zero-order valence-electron chi connectivity index (χ0n) is 10.4. The summed E-state index contributed by atoms with van der Waals surface area (Å²) in [5, 5.41) is 12.9. The van der Waals surface area contributed by atoms with Crippen LogP contribution in [0.3, 0.4) is 0 Å². The van der Waals surface area contributed by atoms with Gasteiger partial charge in [-0.15, -0.1) is 0 Å². The maximum absolute atomic E-state index is 11.8. The summed E-state index contributed by atoms with van der Waals surface area (Å²) in [6.07, 6.45) is 1.50. The number of benzene rings is 2. The minimum absolute atomic E-state index is 0.367. The molecule has 0 aliphatic rings. The van der Waals surface area contributed by atoms with E-state index in [1.54, 1.807) is 48.5 Å². The maximum Gasteiger partial charge on any atom is 0.272 e. The summed E-state index contributed by atoms with van der Waals surface area (Å²) in [7, 11) is 0. The Morgan fingerprint density at radius 2 is 1.90 bits per heavy atom. The van der Waals surface area contributed by atoms with Gasteiger partial charge in [0.25, 0.3) is 5.91 Å². The van der Waals surface area contributed by atoms with Crippen LogP contribution in [0, 0.1) is 11.3 Å². The Morgan fingerprint density at radius 1 is 1.20 bits per heavy atom. The van der Waals surface area contributed by atoms with Gasteiger partial charge in [0.1, 0.15) is 0 Å². The van der Waals surface area contributed by atoms with Gasteiger partial charge in [0.15, 0.2) is 0 Å². The molecule has 0 fully saturated rings. The van der Waals surface area contributed by atoms with Gasteiger partial charge in [-0.05, 0) is 29.8 Å². The van der Waals surface area contributed by atoms with E-state index < -0.39 is 0 Å². The highest BCUT2D eigenvalue weighted by atomic mass is 35.5. The summed E-state index contributed by atoms with van der Waals surface area (Å²) in [4.78, 5) is 11.8. The van der Waals surface area contributed by atoms with E-state index in [0.717, 1.165) is 5.56 Å². The second-order valence-corrected chi connectivity index (χ2v) is 4.32. The first-order valence-electron chi connectivity index (χ1n) is 5.79. The molecule has 0 aromatic heterocycles. The van der Waals surface area contributed by atoms with Crippen molar-refractivity contribution in [2.45, 2.75) is 0 Å². The van der Waals surface area contributed by atoms with Crippen molar-refractivity contribution < 1.29 is 4.79 Å². The van der Waals surface area contributed by atoms with Crippen molar-refractivity contribution >= 4 is 23.7 Å². The molecule has 0 spiro atoms. The van der Waals surface area contributed by atoms with Crippen molar-refractivity contribution in [2.75, 3.05) is 0 Å². The number of hydrazone groups is 1. The Morgan fingerprint density at radius 3 is 2.55 bits per heavy atom. The number of nitrogens with zero attached hydrogens (tertiary/aromatic N) is 2. The van der Waals surface area contributed by atoms with Crippen LogP contribution in [-0.2, 0) is 0 Å². The van der Waals surface area contributed by atoms with E-state index in [1.807, 2.05) is 6.07 Å². The van der Waals surface area contributed by atoms with Gasteiger partial charge < -0.3 is 0 Å². The second-order valence-electron chi connectivity index (χ2n) is 3.91. The molecule has 4 nitrogen and oxygen atoms in total. The van der Waals surface area contributed by atoms with Gasteiger partial charge in [-0.1, -0.05) is 35.9 Å². The number of nitrogens with one attached hydrogen (secondary N) is 1. The van der Waals surface area contributed by atoms with E-state index in [0.29, 0.717) is 16.1 Å². The topological polar surface area (TPSA) is 65.2 Å². The molecule has 0 bridgehead atoms. The molecule has 1 amide bonds. The first-order valence-corrected chi connectivity index (χ1v) is 6.16. The minimum atomic E-state index is -0.375. The molecule has 2 aromatic rings. The van der Waals surface area contributed by atoms with Crippen molar-refractivity contribution in [1.82, 2.24) is 5.43 Å². The standard InChI is InChI=1S/C15H10ClN3O/c16-14-4-2-1-3-13(14)15(20)19-18-10-12-7-5-11(9-17)6-8-12/h1-8,10H,(H,19,20)/b18-10+. The van der Waals surface area contributed by atoms with E-state index in [9.17, 15) is 4.79 Å². The Kier molecular flexibility index (Phi) is 4.48. The highest BCUT2D eigenvalue weighted by Crippen LogP contribution is 2.14. The van der Waals surface area contributed by atoms with E-state index in [2.05, 4.69) is 10.5 Å². The van der Waals surface area contributed by atoms with Crippen LogP contribution >= 0.6 is 11.6 Å². The zero-order chi connectivity index (χ0) is 14.4. The van der Waals surface area contributed by atoms with Crippen LogP contribution < -0.4 is 5.43 Å². The maximum atomic E-state index is 11.8. The van der Waals surface area contributed by atoms with Crippen LogP contribution in [0.4, 0.5) is 0 Å². The van der Waals surface area contributed by atoms with Crippen LogP contribution in [0.1, 0.15) is 21.5 Å². The number of amides is 1. The lowest BCUT2D eigenvalue weighted by Crippen LogP contribution is -2.17. The lowest BCUT2D eigenvalue weighted by atomic mass is 10.2. The van der Waals surface area contributed by atoms with Crippen LogP contribution in [0.15, 0.2) is 53.6 Å². The molecule has 0 heterocycles. The zero-order valence-corrected chi connectivity index (χ0v) is 11.1. The van der Waals surface area contributed by atoms with Crippen LogP contribution in [-0.4, -0.2) is 12.1 Å². The third-order valence-electron chi connectivity index (χ3n) is 2.54. The largest absolute Gasteiger partial charge is 0.272 e. The quantitative estimate of drug-likeness (QED) is 0.695. The average Bonchev–Trinajstić information content (AvgIpc) is 2.48. The lowest BCUT2D eigenvalue weighted by Gasteiger charge is -2.01. The molecule has 1 N–H and O–H groups in total. The molecule has 0 atom stereocenters. The van der Waals surface area contributed by atoms with Crippen molar-refractivity contribution in [3.05, 3.63) is 70.2 Å². The molecule has 2 rings (SSSR count). The summed E-state index contributed by atoms with van der Waals surface area (Å²) in [6, 6.07) is 15.6. The number of hydrogen-bond acceptors (Lipinski definition) is 3. The van der Waals surface area contributed by atoms with E-state index in [4.69, 9.17) is 16.9 Å². The fourth-order valence-electron chi connectivity index (χ4n) is 1.51. The van der Waals surface area contributed by atoms with E-state index >= 15 is 0 Å². The Labute approximate surface area is 121 Å². The van der Waals surface area contributed by atoms with Crippen molar-refractivity contribution in [3.63, 3.8) is 0 Å².